The Labute approximate surface area is 453 Å². The first-order chi connectivity index (χ1) is 36.0. The van der Waals surface area contributed by atoms with E-state index in [-0.39, 0.29) is 41.2 Å². The summed E-state index contributed by atoms with van der Waals surface area (Å²) >= 11 is 0. The normalized spacial score (nSPS) is 17.3. The molecule has 0 radical (unpaired) electrons. The number of hydrogen-bond donors (Lipinski definition) is 0. The van der Waals surface area contributed by atoms with Crippen LogP contribution in [-0.4, -0.2) is 60.0 Å². The van der Waals surface area contributed by atoms with Gasteiger partial charge in [0.25, 0.3) is 0 Å². The third-order valence-corrected chi connectivity index (χ3v) is 9.72. The zero-order valence-electron chi connectivity index (χ0n) is 40.7. The van der Waals surface area contributed by atoms with Crippen molar-refractivity contribution in [2.45, 2.75) is 44.9 Å². The molecule has 4 aromatic carbocycles. The van der Waals surface area contributed by atoms with Crippen LogP contribution in [0.4, 0.5) is 0 Å². The Balaban J connectivity index is 0.000000298. The molecule has 0 unspecified atom stereocenters. The van der Waals surface area contributed by atoms with Crippen LogP contribution in [0, 0.1) is 54.5 Å². The molecule has 6 heterocycles. The predicted octanol–water partition coefficient (Wildman–Crippen LogP) is 0.311. The summed E-state index contributed by atoms with van der Waals surface area (Å²) in [6.07, 6.45) is 0. The third-order valence-electron chi connectivity index (χ3n) is 9.72. The molecular weight excluding hydrogens is 1070 g/mol. The smallest absolute Gasteiger partial charge is 0.474 e. The topological polar surface area (TPSA) is 368 Å². The summed E-state index contributed by atoms with van der Waals surface area (Å²) in [7, 11) is -9.89. The van der Waals surface area contributed by atoms with Crippen molar-refractivity contribution in [1.29, 1.82) is 15.8 Å². The second kappa shape index (κ2) is 32.6. The molecule has 6 aromatic rings. The Hall–Kier alpha value is -7.69. The van der Waals surface area contributed by atoms with Crippen molar-refractivity contribution < 1.29 is 93.8 Å². The molecule has 4 aliphatic heterocycles. The Kier molecular flexibility index (Phi) is 26.8. The predicted molar refractivity (Wildman–Crippen MR) is 249 cm³/mol. The molecule has 394 valence electrons. The number of benzene rings is 4. The molecule has 0 saturated carbocycles. The van der Waals surface area contributed by atoms with E-state index in [1.165, 1.54) is 20.8 Å². The van der Waals surface area contributed by atoms with Gasteiger partial charge in [-0.3, -0.25) is 0 Å². The molecule has 0 amide bonds. The summed E-state index contributed by atoms with van der Waals surface area (Å²) in [6, 6.07) is 57.4. The van der Waals surface area contributed by atoms with E-state index in [2.05, 4.69) is 58.5 Å². The minimum atomic E-state index is -4.94. The van der Waals surface area contributed by atoms with Crippen molar-refractivity contribution in [1.82, 2.24) is 9.97 Å². The van der Waals surface area contributed by atoms with E-state index in [1.807, 2.05) is 109 Å². The zero-order chi connectivity index (χ0) is 54.6. The van der Waals surface area contributed by atoms with E-state index in [9.17, 15) is 0 Å². The zero-order valence-corrected chi connectivity index (χ0v) is 43.3. The van der Waals surface area contributed by atoms with Gasteiger partial charge in [-0.25, -0.2) is 67.2 Å². The summed E-state index contributed by atoms with van der Waals surface area (Å²) in [5.41, 5.74) is 7.36. The van der Waals surface area contributed by atoms with E-state index in [0.29, 0.717) is 72.8 Å². The molecule has 4 atom stereocenters. The maximum atomic E-state index is 8.49. The van der Waals surface area contributed by atoms with E-state index < -0.39 is 20.5 Å². The minimum absolute atomic E-state index is 0. The van der Waals surface area contributed by atoms with Crippen molar-refractivity contribution in [2.75, 3.05) is 26.4 Å². The van der Waals surface area contributed by atoms with Crippen molar-refractivity contribution in [3.63, 3.8) is 0 Å². The number of aliphatic imine (C=N–C) groups is 4. The largest absolute Gasteiger partial charge is 2.00 e. The van der Waals surface area contributed by atoms with Gasteiger partial charge in [-0.05, 0) is 46.5 Å². The van der Waals surface area contributed by atoms with Crippen molar-refractivity contribution in [3.8, 4) is 18.2 Å². The summed E-state index contributed by atoms with van der Waals surface area (Å²) in [6.45, 7) is 6.40. The van der Waals surface area contributed by atoms with Gasteiger partial charge in [-0.1, -0.05) is 133 Å². The molecular formula is C52H47Cl2FeN9O12. The molecule has 0 N–H and O–H groups in total. The molecule has 0 bridgehead atoms. The molecule has 21 nitrogen and oxygen atoms in total. The molecule has 24 heteroatoms. The van der Waals surface area contributed by atoms with Gasteiger partial charge in [0.1, 0.15) is 73.4 Å². The number of pyridine rings is 2. The number of aromatic nitrogens is 2. The van der Waals surface area contributed by atoms with Crippen LogP contribution < -0.4 is 37.3 Å². The van der Waals surface area contributed by atoms with Crippen molar-refractivity contribution >= 4 is 23.6 Å². The third kappa shape index (κ3) is 22.4. The monoisotopic (exact) mass is 1120 g/mol. The molecule has 0 fully saturated rings. The number of nitriles is 3. The van der Waals surface area contributed by atoms with Gasteiger partial charge in [0.05, 0.1) is 18.2 Å². The SMILES string of the molecule is CC#N.CC#N.CC#N.[Fe+2].[O-][Cl+3]([O-])([O-])[O-].[O-][Cl+3]([O-])([O-])[O-].c1ccc([C@@H]2COC(c3cccc(C4=N[C@H](c5ccccc5)CO4)n3)=N2)cc1.c1ccc([C@H]2COC(c3cccc(C4=N[C@@H](c5ccccc5)CO4)n3)=N2)cc1. The maximum Gasteiger partial charge on any atom is 2.00 e. The van der Waals surface area contributed by atoms with Gasteiger partial charge in [0.2, 0.25) is 23.6 Å². The van der Waals surface area contributed by atoms with Crippen LogP contribution in [0.25, 0.3) is 0 Å². The molecule has 2 aromatic heterocycles. The van der Waals surface area contributed by atoms with Crippen molar-refractivity contribution in [3.05, 3.63) is 203 Å². The van der Waals surface area contributed by atoms with E-state index in [0.717, 1.165) is 22.3 Å². The van der Waals surface area contributed by atoms with E-state index >= 15 is 0 Å². The number of hydrogen-bond acceptors (Lipinski definition) is 21. The summed E-state index contributed by atoms with van der Waals surface area (Å²) in [4.78, 5) is 28.2. The molecule has 0 aliphatic carbocycles. The Bertz CT molecular complexity index is 2570. The second-order valence-electron chi connectivity index (χ2n) is 14.9. The summed E-state index contributed by atoms with van der Waals surface area (Å²) < 4.78 is 91.2. The van der Waals surface area contributed by atoms with Gasteiger partial charge in [-0.2, -0.15) is 15.8 Å². The Morgan fingerprint density at radius 1 is 0.355 bits per heavy atom. The van der Waals surface area contributed by atoms with Crippen LogP contribution in [0.2, 0.25) is 0 Å². The first kappa shape index (κ1) is 62.6. The molecule has 0 saturated heterocycles. The van der Waals surface area contributed by atoms with Crippen LogP contribution in [-0.2, 0) is 36.0 Å². The van der Waals surface area contributed by atoms with E-state index in [4.69, 9.17) is 92.0 Å². The van der Waals surface area contributed by atoms with Crippen LogP contribution in [0.1, 0.15) is 90.0 Å². The van der Waals surface area contributed by atoms with Gasteiger partial charge >= 0.3 is 17.1 Å². The van der Waals surface area contributed by atoms with E-state index in [1.54, 1.807) is 18.2 Å². The summed E-state index contributed by atoms with van der Waals surface area (Å²) in [5, 5.41) is 22.0. The fourth-order valence-corrected chi connectivity index (χ4v) is 6.79. The van der Waals surface area contributed by atoms with Gasteiger partial charge in [0, 0.05) is 20.8 Å². The second-order valence-corrected chi connectivity index (χ2v) is 16.4. The number of ether oxygens (including phenoxy) is 4. The van der Waals surface area contributed by atoms with Gasteiger partial charge in [-0.15, -0.1) is 20.5 Å². The first-order valence-corrected chi connectivity index (χ1v) is 24.6. The van der Waals surface area contributed by atoms with Crippen LogP contribution in [0.3, 0.4) is 0 Å². The standard InChI is InChI=1S/2C23H19N3O2.3C2H3N.2ClHO4.Fe/c2*1-3-8-16(9-4-1)20-14-27-22(25-20)18-12-7-13-19(24-18)23-26-21(15-28-23)17-10-5-2-6-11-17;3*1-2-3;2*2-1(3,4)5;/h2*1-13,20-21H,14-15H2;3*1H3;2*(H,2,3,4,5);/q;;;;;;;+2/p-2/t2*20-,21-;;;;;;/m10....../s1. The van der Waals surface area contributed by atoms with Crippen LogP contribution in [0.5, 0.6) is 0 Å². The fraction of sp³-hybridized carbons (Fsp3) is 0.212. The van der Waals surface area contributed by atoms with Gasteiger partial charge < -0.3 is 18.9 Å². The quantitative estimate of drug-likeness (QED) is 0.185. The average Bonchev–Trinajstić information content (AvgIpc) is 4.26. The van der Waals surface area contributed by atoms with Crippen LogP contribution in [0.15, 0.2) is 178 Å². The number of rotatable bonds is 8. The Morgan fingerprint density at radius 3 is 0.697 bits per heavy atom. The number of nitrogens with zero attached hydrogens (tertiary/aromatic N) is 9. The Morgan fingerprint density at radius 2 is 0.526 bits per heavy atom. The maximum absolute atomic E-state index is 8.49. The molecule has 0 spiro atoms. The molecule has 76 heavy (non-hydrogen) atoms. The minimum Gasteiger partial charge on any atom is -0.474 e. The average molecular weight is 1120 g/mol. The fourth-order valence-electron chi connectivity index (χ4n) is 6.79. The molecule has 10 rings (SSSR count). The number of halogens is 2. The first-order valence-electron chi connectivity index (χ1n) is 22.1. The van der Waals surface area contributed by atoms with Gasteiger partial charge in [0.15, 0.2) is 0 Å². The summed E-state index contributed by atoms with van der Waals surface area (Å²) in [5.74, 6) is 2.26. The molecule has 4 aliphatic rings. The van der Waals surface area contributed by atoms with Crippen molar-refractivity contribution in [2.24, 2.45) is 20.0 Å². The van der Waals surface area contributed by atoms with Crippen LogP contribution >= 0.6 is 0 Å².